The standard InChI is InChI=1S/C16H22ClN3/c1-11-3-4-14(12(2)9-11)20-15-6-8-18-10-13(15)19-16(20)5-7-17/h6,8,10-12,14H,3-5,7,9H2,1-2H3. The molecule has 0 spiro atoms. The predicted molar refractivity (Wildman–Crippen MR) is 83.2 cm³/mol. The summed E-state index contributed by atoms with van der Waals surface area (Å²) >= 11 is 5.97. The van der Waals surface area contributed by atoms with E-state index in [0.29, 0.717) is 17.8 Å². The second kappa shape index (κ2) is 5.72. The number of halogens is 1. The van der Waals surface area contributed by atoms with Gasteiger partial charge < -0.3 is 4.57 Å². The van der Waals surface area contributed by atoms with E-state index in [0.717, 1.165) is 23.7 Å². The van der Waals surface area contributed by atoms with E-state index in [-0.39, 0.29) is 0 Å². The molecule has 4 heteroatoms. The van der Waals surface area contributed by atoms with E-state index in [1.807, 2.05) is 12.4 Å². The molecule has 1 aliphatic carbocycles. The molecule has 2 aromatic rings. The Morgan fingerprint density at radius 2 is 2.20 bits per heavy atom. The van der Waals surface area contributed by atoms with Gasteiger partial charge in [0.2, 0.25) is 0 Å². The summed E-state index contributed by atoms with van der Waals surface area (Å²) < 4.78 is 2.44. The number of nitrogens with zero attached hydrogens (tertiary/aromatic N) is 3. The molecule has 3 unspecified atom stereocenters. The van der Waals surface area contributed by atoms with Crippen LogP contribution in [0.4, 0.5) is 0 Å². The van der Waals surface area contributed by atoms with Crippen molar-refractivity contribution in [3.63, 3.8) is 0 Å². The lowest BCUT2D eigenvalue weighted by atomic mass is 9.79. The fourth-order valence-corrected chi connectivity index (χ4v) is 3.83. The predicted octanol–water partition coefficient (Wildman–Crippen LogP) is 4.21. The Labute approximate surface area is 125 Å². The van der Waals surface area contributed by atoms with Gasteiger partial charge in [0.05, 0.1) is 11.7 Å². The minimum absolute atomic E-state index is 0.553. The molecule has 0 radical (unpaired) electrons. The van der Waals surface area contributed by atoms with Crippen molar-refractivity contribution in [2.45, 2.75) is 45.6 Å². The summed E-state index contributed by atoms with van der Waals surface area (Å²) in [6.45, 7) is 4.74. The topological polar surface area (TPSA) is 30.7 Å². The van der Waals surface area contributed by atoms with Crippen LogP contribution >= 0.6 is 11.6 Å². The summed E-state index contributed by atoms with van der Waals surface area (Å²) in [5, 5.41) is 0. The molecule has 0 aliphatic heterocycles. The summed E-state index contributed by atoms with van der Waals surface area (Å²) in [6.07, 6.45) is 8.40. The second-order valence-electron chi connectivity index (χ2n) is 6.16. The maximum atomic E-state index is 5.97. The third-order valence-corrected chi connectivity index (χ3v) is 4.79. The first-order chi connectivity index (χ1) is 9.70. The molecule has 2 heterocycles. The van der Waals surface area contributed by atoms with Crippen LogP contribution in [0.2, 0.25) is 0 Å². The minimum atomic E-state index is 0.553. The molecule has 108 valence electrons. The van der Waals surface area contributed by atoms with Crippen LogP contribution in [0.25, 0.3) is 11.0 Å². The largest absolute Gasteiger partial charge is 0.324 e. The van der Waals surface area contributed by atoms with Gasteiger partial charge in [-0.25, -0.2) is 4.98 Å². The van der Waals surface area contributed by atoms with Crippen LogP contribution in [0.3, 0.4) is 0 Å². The van der Waals surface area contributed by atoms with Gasteiger partial charge in [0.25, 0.3) is 0 Å². The molecule has 0 bridgehead atoms. The van der Waals surface area contributed by atoms with Crippen molar-refractivity contribution in [1.82, 2.24) is 14.5 Å². The molecule has 0 N–H and O–H groups in total. The first-order valence-electron chi connectivity index (χ1n) is 7.57. The fourth-order valence-electron chi connectivity index (χ4n) is 3.66. The molecule has 20 heavy (non-hydrogen) atoms. The Kier molecular flexibility index (Phi) is 3.97. The zero-order valence-electron chi connectivity index (χ0n) is 12.2. The molecule has 1 saturated carbocycles. The molecule has 1 fully saturated rings. The number of pyridine rings is 1. The number of imidazole rings is 1. The Bertz CT molecular complexity index is 592. The van der Waals surface area contributed by atoms with E-state index >= 15 is 0 Å². The smallest absolute Gasteiger partial charge is 0.111 e. The van der Waals surface area contributed by atoms with Gasteiger partial charge in [0.1, 0.15) is 11.3 Å². The Morgan fingerprint density at radius 1 is 1.35 bits per heavy atom. The fraction of sp³-hybridized carbons (Fsp3) is 0.625. The van der Waals surface area contributed by atoms with E-state index in [9.17, 15) is 0 Å². The van der Waals surface area contributed by atoms with Crippen LogP contribution in [-0.2, 0) is 6.42 Å². The van der Waals surface area contributed by atoms with Crippen LogP contribution in [0, 0.1) is 11.8 Å². The third-order valence-electron chi connectivity index (χ3n) is 4.60. The van der Waals surface area contributed by atoms with Gasteiger partial charge in [0, 0.05) is 24.5 Å². The molecule has 0 aromatic carbocycles. The summed E-state index contributed by atoms with van der Waals surface area (Å²) in [7, 11) is 0. The van der Waals surface area contributed by atoms with Crippen molar-refractivity contribution >= 4 is 22.6 Å². The SMILES string of the molecule is CC1CCC(n2c(CCCl)nc3cnccc32)C(C)C1. The highest BCUT2D eigenvalue weighted by molar-refractivity contribution is 6.17. The van der Waals surface area contributed by atoms with Gasteiger partial charge in [-0.1, -0.05) is 13.8 Å². The van der Waals surface area contributed by atoms with Gasteiger partial charge in [-0.05, 0) is 37.2 Å². The molecular formula is C16H22ClN3. The number of aryl methyl sites for hydroxylation is 1. The lowest BCUT2D eigenvalue weighted by molar-refractivity contribution is 0.208. The number of hydrogen-bond donors (Lipinski definition) is 0. The summed E-state index contributed by atoms with van der Waals surface area (Å²) in [5.74, 6) is 3.27. The molecule has 0 saturated heterocycles. The van der Waals surface area contributed by atoms with Crippen molar-refractivity contribution in [3.05, 3.63) is 24.3 Å². The highest BCUT2D eigenvalue weighted by Crippen LogP contribution is 2.39. The summed E-state index contributed by atoms with van der Waals surface area (Å²) in [4.78, 5) is 8.94. The molecule has 1 aliphatic rings. The van der Waals surface area contributed by atoms with E-state index in [1.165, 1.54) is 24.8 Å². The zero-order valence-corrected chi connectivity index (χ0v) is 13.0. The molecule has 3 rings (SSSR count). The highest BCUT2D eigenvalue weighted by Gasteiger charge is 2.29. The maximum absolute atomic E-state index is 5.97. The van der Waals surface area contributed by atoms with E-state index in [4.69, 9.17) is 16.6 Å². The zero-order chi connectivity index (χ0) is 14.1. The van der Waals surface area contributed by atoms with E-state index in [1.54, 1.807) is 0 Å². The van der Waals surface area contributed by atoms with Crippen LogP contribution < -0.4 is 0 Å². The van der Waals surface area contributed by atoms with E-state index in [2.05, 4.69) is 29.5 Å². The quantitative estimate of drug-likeness (QED) is 0.793. The van der Waals surface area contributed by atoms with Crippen molar-refractivity contribution in [2.75, 3.05) is 5.88 Å². The number of fused-ring (bicyclic) bond motifs is 1. The maximum Gasteiger partial charge on any atom is 0.111 e. The molecule has 3 nitrogen and oxygen atoms in total. The van der Waals surface area contributed by atoms with Gasteiger partial charge >= 0.3 is 0 Å². The highest BCUT2D eigenvalue weighted by atomic mass is 35.5. The average molecular weight is 292 g/mol. The Balaban J connectivity index is 2.06. The first-order valence-corrected chi connectivity index (χ1v) is 8.11. The number of hydrogen-bond acceptors (Lipinski definition) is 2. The molecule has 2 aromatic heterocycles. The minimum Gasteiger partial charge on any atom is -0.324 e. The van der Waals surface area contributed by atoms with Crippen molar-refractivity contribution in [2.24, 2.45) is 11.8 Å². The number of aromatic nitrogens is 3. The van der Waals surface area contributed by atoms with E-state index < -0.39 is 0 Å². The normalized spacial score (nSPS) is 27.1. The van der Waals surface area contributed by atoms with Crippen molar-refractivity contribution < 1.29 is 0 Å². The van der Waals surface area contributed by atoms with Crippen molar-refractivity contribution in [3.8, 4) is 0 Å². The van der Waals surface area contributed by atoms with Gasteiger partial charge in [-0.15, -0.1) is 11.6 Å². The lowest BCUT2D eigenvalue weighted by Crippen LogP contribution is -2.26. The average Bonchev–Trinajstić information content (AvgIpc) is 2.78. The number of rotatable bonds is 3. The molecule has 3 atom stereocenters. The Hall–Kier alpha value is -1.09. The summed E-state index contributed by atoms with van der Waals surface area (Å²) in [5.41, 5.74) is 2.21. The molecule has 0 amide bonds. The third kappa shape index (κ3) is 2.44. The van der Waals surface area contributed by atoms with Crippen LogP contribution in [0.5, 0.6) is 0 Å². The van der Waals surface area contributed by atoms with Crippen LogP contribution in [0.15, 0.2) is 18.5 Å². The van der Waals surface area contributed by atoms with Gasteiger partial charge in [0.15, 0.2) is 0 Å². The lowest BCUT2D eigenvalue weighted by Gasteiger charge is -2.34. The van der Waals surface area contributed by atoms with Crippen LogP contribution in [-0.4, -0.2) is 20.4 Å². The van der Waals surface area contributed by atoms with Gasteiger partial charge in [-0.3, -0.25) is 4.98 Å². The van der Waals surface area contributed by atoms with Gasteiger partial charge in [-0.2, -0.15) is 0 Å². The Morgan fingerprint density at radius 3 is 2.95 bits per heavy atom. The molecular weight excluding hydrogens is 270 g/mol. The van der Waals surface area contributed by atoms with Crippen molar-refractivity contribution in [1.29, 1.82) is 0 Å². The monoisotopic (exact) mass is 291 g/mol. The second-order valence-corrected chi connectivity index (χ2v) is 6.54. The van der Waals surface area contributed by atoms with Crippen LogP contribution in [0.1, 0.15) is 45.0 Å². The first kappa shape index (κ1) is 13.9. The summed E-state index contributed by atoms with van der Waals surface area (Å²) in [6, 6.07) is 2.64. The number of alkyl halides is 1.